The molecule has 0 spiro atoms. The summed E-state index contributed by atoms with van der Waals surface area (Å²) in [6, 6.07) is 0.147. The van der Waals surface area contributed by atoms with Crippen LogP contribution in [0.25, 0.3) is 0 Å². The molecule has 0 aliphatic carbocycles. The van der Waals surface area contributed by atoms with Gasteiger partial charge in [0.1, 0.15) is 0 Å². The molecule has 84 valence electrons. The van der Waals surface area contributed by atoms with Gasteiger partial charge >= 0.3 is 0 Å². The summed E-state index contributed by atoms with van der Waals surface area (Å²) in [6.45, 7) is 6.59. The summed E-state index contributed by atoms with van der Waals surface area (Å²) >= 11 is 0. The third-order valence-corrected chi connectivity index (χ3v) is 5.13. The van der Waals surface area contributed by atoms with Crippen LogP contribution in [0.2, 0.25) is 0 Å². The first kappa shape index (κ1) is 11.9. The minimum absolute atomic E-state index is 0.147. The number of piperidine rings is 1. The molecule has 1 rings (SSSR count). The molecule has 0 aromatic rings. The summed E-state index contributed by atoms with van der Waals surface area (Å²) in [5, 5.41) is -0.330. The Kier molecular flexibility index (Phi) is 3.55. The Hall–Kier alpha value is -0.130. The summed E-state index contributed by atoms with van der Waals surface area (Å²) in [6.07, 6.45) is 0.771. The molecule has 1 aliphatic heterocycles. The monoisotopic (exact) mass is 220 g/mol. The standard InChI is InChI=1S/C9H20N2O2S/c1-7(2)14(12,13)11-5-4-9(10)8(3)6-11/h7-9H,4-6,10H2,1-3H3. The largest absolute Gasteiger partial charge is 0.327 e. The Morgan fingerprint density at radius 2 is 2.00 bits per heavy atom. The Morgan fingerprint density at radius 1 is 1.43 bits per heavy atom. The predicted octanol–water partition coefficient (Wildman–Crippen LogP) is 0.394. The molecule has 0 radical (unpaired) electrons. The number of nitrogens with two attached hydrogens (primary N) is 1. The van der Waals surface area contributed by atoms with Crippen LogP contribution in [0.1, 0.15) is 27.2 Å². The second-order valence-corrected chi connectivity index (χ2v) is 6.87. The lowest BCUT2D eigenvalue weighted by Gasteiger charge is -2.35. The highest BCUT2D eigenvalue weighted by Gasteiger charge is 2.32. The lowest BCUT2D eigenvalue weighted by molar-refractivity contribution is 0.249. The number of nitrogens with zero attached hydrogens (tertiary/aromatic N) is 1. The molecule has 1 saturated heterocycles. The van der Waals surface area contributed by atoms with Crippen LogP contribution >= 0.6 is 0 Å². The zero-order valence-corrected chi connectivity index (χ0v) is 9.92. The van der Waals surface area contributed by atoms with Crippen molar-refractivity contribution in [2.24, 2.45) is 11.7 Å². The second kappa shape index (κ2) is 4.16. The van der Waals surface area contributed by atoms with E-state index >= 15 is 0 Å². The summed E-state index contributed by atoms with van der Waals surface area (Å²) in [4.78, 5) is 0. The quantitative estimate of drug-likeness (QED) is 0.732. The van der Waals surface area contributed by atoms with Crippen molar-refractivity contribution in [3.8, 4) is 0 Å². The van der Waals surface area contributed by atoms with Gasteiger partial charge in [0.25, 0.3) is 0 Å². The maximum absolute atomic E-state index is 11.8. The molecule has 0 aromatic carbocycles. The van der Waals surface area contributed by atoms with Crippen molar-refractivity contribution in [3.63, 3.8) is 0 Å². The molecule has 0 bridgehead atoms. The van der Waals surface area contributed by atoms with E-state index in [2.05, 4.69) is 0 Å². The van der Waals surface area contributed by atoms with Crippen molar-refractivity contribution in [1.82, 2.24) is 4.31 Å². The van der Waals surface area contributed by atoms with E-state index in [4.69, 9.17) is 5.73 Å². The highest BCUT2D eigenvalue weighted by molar-refractivity contribution is 7.89. The van der Waals surface area contributed by atoms with Crippen molar-refractivity contribution >= 4 is 10.0 Å². The van der Waals surface area contributed by atoms with E-state index in [1.807, 2.05) is 6.92 Å². The number of hydrogen-bond donors (Lipinski definition) is 1. The normalized spacial score (nSPS) is 30.9. The molecule has 2 atom stereocenters. The highest BCUT2D eigenvalue weighted by Crippen LogP contribution is 2.19. The van der Waals surface area contributed by atoms with Gasteiger partial charge in [-0.1, -0.05) is 6.92 Å². The van der Waals surface area contributed by atoms with Crippen molar-refractivity contribution in [3.05, 3.63) is 0 Å². The first-order valence-electron chi connectivity index (χ1n) is 5.10. The van der Waals surface area contributed by atoms with E-state index in [1.54, 1.807) is 18.2 Å². The fourth-order valence-electron chi connectivity index (χ4n) is 1.65. The smallest absolute Gasteiger partial charge is 0.216 e. The zero-order chi connectivity index (χ0) is 10.9. The Balaban J connectivity index is 2.73. The zero-order valence-electron chi connectivity index (χ0n) is 9.10. The fraction of sp³-hybridized carbons (Fsp3) is 1.00. The molecule has 1 fully saturated rings. The van der Waals surface area contributed by atoms with Crippen LogP contribution < -0.4 is 5.73 Å². The summed E-state index contributed by atoms with van der Waals surface area (Å²) in [5.41, 5.74) is 5.84. The molecule has 5 heteroatoms. The molecule has 4 nitrogen and oxygen atoms in total. The Morgan fingerprint density at radius 3 is 2.43 bits per heavy atom. The van der Waals surface area contributed by atoms with Crippen LogP contribution in [0.5, 0.6) is 0 Å². The summed E-state index contributed by atoms with van der Waals surface area (Å²) in [7, 11) is -3.08. The molecule has 1 heterocycles. The van der Waals surface area contributed by atoms with E-state index in [0.29, 0.717) is 13.1 Å². The van der Waals surface area contributed by atoms with Crippen molar-refractivity contribution in [2.75, 3.05) is 13.1 Å². The van der Waals surface area contributed by atoms with E-state index < -0.39 is 10.0 Å². The minimum atomic E-state index is -3.08. The van der Waals surface area contributed by atoms with Crippen molar-refractivity contribution in [1.29, 1.82) is 0 Å². The van der Waals surface area contributed by atoms with Crippen molar-refractivity contribution < 1.29 is 8.42 Å². The third kappa shape index (κ3) is 2.27. The van der Waals surface area contributed by atoms with Gasteiger partial charge in [0.15, 0.2) is 0 Å². The molecule has 0 saturated carbocycles. The van der Waals surface area contributed by atoms with E-state index in [-0.39, 0.29) is 17.2 Å². The van der Waals surface area contributed by atoms with Crippen LogP contribution in [-0.4, -0.2) is 37.1 Å². The first-order valence-corrected chi connectivity index (χ1v) is 6.60. The van der Waals surface area contributed by atoms with Gasteiger partial charge in [-0.15, -0.1) is 0 Å². The molecule has 0 amide bonds. The molecular weight excluding hydrogens is 200 g/mol. The SMILES string of the molecule is CC1CN(S(=O)(=O)C(C)C)CCC1N. The van der Waals surface area contributed by atoms with Gasteiger partial charge in [0.2, 0.25) is 10.0 Å². The van der Waals surface area contributed by atoms with E-state index in [9.17, 15) is 8.42 Å². The lowest BCUT2D eigenvalue weighted by Crippen LogP contribution is -2.49. The van der Waals surface area contributed by atoms with Gasteiger partial charge in [0.05, 0.1) is 5.25 Å². The maximum atomic E-state index is 11.8. The highest BCUT2D eigenvalue weighted by atomic mass is 32.2. The van der Waals surface area contributed by atoms with Crippen LogP contribution in [0.4, 0.5) is 0 Å². The first-order chi connectivity index (χ1) is 6.35. The van der Waals surface area contributed by atoms with Gasteiger partial charge in [0, 0.05) is 19.1 Å². The average molecular weight is 220 g/mol. The third-order valence-electron chi connectivity index (χ3n) is 2.89. The lowest BCUT2D eigenvalue weighted by atomic mass is 9.96. The maximum Gasteiger partial charge on any atom is 0.216 e. The van der Waals surface area contributed by atoms with Crippen LogP contribution in [0.3, 0.4) is 0 Å². The van der Waals surface area contributed by atoms with E-state index in [0.717, 1.165) is 6.42 Å². The summed E-state index contributed by atoms with van der Waals surface area (Å²) in [5.74, 6) is 0.261. The molecule has 1 aliphatic rings. The van der Waals surface area contributed by atoms with Crippen LogP contribution in [0.15, 0.2) is 0 Å². The molecule has 0 aromatic heterocycles. The topological polar surface area (TPSA) is 63.4 Å². The summed E-state index contributed by atoms with van der Waals surface area (Å²) < 4.78 is 25.2. The number of hydrogen-bond acceptors (Lipinski definition) is 3. The van der Waals surface area contributed by atoms with Gasteiger partial charge in [-0.2, -0.15) is 0 Å². The minimum Gasteiger partial charge on any atom is -0.327 e. The van der Waals surface area contributed by atoms with Gasteiger partial charge in [-0.25, -0.2) is 12.7 Å². The average Bonchev–Trinajstić information content (AvgIpc) is 2.09. The van der Waals surface area contributed by atoms with Gasteiger partial charge < -0.3 is 5.73 Å². The van der Waals surface area contributed by atoms with Gasteiger partial charge in [-0.05, 0) is 26.2 Å². The van der Waals surface area contributed by atoms with E-state index in [1.165, 1.54) is 0 Å². The number of sulfonamides is 1. The van der Waals surface area contributed by atoms with Gasteiger partial charge in [-0.3, -0.25) is 0 Å². The van der Waals surface area contributed by atoms with Crippen LogP contribution in [0, 0.1) is 5.92 Å². The van der Waals surface area contributed by atoms with Crippen LogP contribution in [-0.2, 0) is 10.0 Å². The Labute approximate surface area is 86.5 Å². The Bertz CT molecular complexity index is 287. The predicted molar refractivity (Wildman–Crippen MR) is 57.4 cm³/mol. The molecule has 14 heavy (non-hydrogen) atoms. The van der Waals surface area contributed by atoms with Crippen molar-refractivity contribution in [2.45, 2.75) is 38.5 Å². The molecule has 2 N–H and O–H groups in total. The molecular formula is C9H20N2O2S. The second-order valence-electron chi connectivity index (χ2n) is 4.38. The molecule has 2 unspecified atom stereocenters. The number of rotatable bonds is 2. The fourth-order valence-corrected chi connectivity index (χ4v) is 3.05.